The maximum atomic E-state index is 13.5. The zero-order valence-electron chi connectivity index (χ0n) is 21.7. The van der Waals surface area contributed by atoms with Crippen molar-refractivity contribution >= 4 is 11.8 Å². The highest BCUT2D eigenvalue weighted by molar-refractivity contribution is 5.92. The highest BCUT2D eigenvalue weighted by Gasteiger charge is 2.38. The Morgan fingerprint density at radius 3 is 2.58 bits per heavy atom. The van der Waals surface area contributed by atoms with Gasteiger partial charge in [0.25, 0.3) is 5.91 Å². The predicted octanol–water partition coefficient (Wildman–Crippen LogP) is 3.28. The second-order valence-corrected chi connectivity index (χ2v) is 10.4. The summed E-state index contributed by atoms with van der Waals surface area (Å²) in [5.41, 5.74) is 1.56. The van der Waals surface area contributed by atoms with Crippen molar-refractivity contribution < 1.29 is 14.3 Å². The topological polar surface area (TPSA) is 78.9 Å². The monoisotopic (exact) mass is 493 g/mol. The van der Waals surface area contributed by atoms with Crippen molar-refractivity contribution in [3.63, 3.8) is 0 Å². The van der Waals surface area contributed by atoms with Crippen LogP contribution in [-0.4, -0.2) is 89.9 Å². The van der Waals surface area contributed by atoms with Gasteiger partial charge in [0.2, 0.25) is 5.91 Å². The van der Waals surface area contributed by atoms with Crippen molar-refractivity contribution in [2.24, 2.45) is 5.41 Å². The number of rotatable bonds is 4. The molecule has 2 amide bonds. The molecule has 2 aliphatic rings. The highest BCUT2D eigenvalue weighted by Crippen LogP contribution is 2.38. The smallest absolute Gasteiger partial charge is 0.274 e. The van der Waals surface area contributed by atoms with Gasteiger partial charge < -0.3 is 19.4 Å². The summed E-state index contributed by atoms with van der Waals surface area (Å²) in [5, 5.41) is 0. The molecule has 0 N–H and O–H groups in total. The second-order valence-electron chi connectivity index (χ2n) is 10.4. The van der Waals surface area contributed by atoms with E-state index in [0.29, 0.717) is 31.8 Å². The SMILES string of the molecule is CN(C)CCC(=O)N1CCC2(CCCCc3ccccc3OCCN(C(=O)c3cnccn3)C2)CC1. The van der Waals surface area contributed by atoms with Gasteiger partial charge in [-0.3, -0.25) is 14.6 Å². The predicted molar refractivity (Wildman–Crippen MR) is 139 cm³/mol. The van der Waals surface area contributed by atoms with Gasteiger partial charge in [-0.05, 0) is 63.2 Å². The van der Waals surface area contributed by atoms with E-state index in [0.717, 1.165) is 63.9 Å². The molecule has 3 heterocycles. The van der Waals surface area contributed by atoms with Gasteiger partial charge >= 0.3 is 0 Å². The van der Waals surface area contributed by atoms with Crippen LogP contribution in [0.4, 0.5) is 0 Å². The Labute approximate surface area is 214 Å². The zero-order chi connectivity index (χ0) is 25.4. The molecule has 0 bridgehead atoms. The Hall–Kier alpha value is -3.00. The van der Waals surface area contributed by atoms with Crippen molar-refractivity contribution in [1.82, 2.24) is 24.7 Å². The van der Waals surface area contributed by atoms with Crippen LogP contribution in [0.25, 0.3) is 0 Å². The Morgan fingerprint density at radius 1 is 1.03 bits per heavy atom. The Bertz CT molecular complexity index is 1010. The van der Waals surface area contributed by atoms with E-state index in [9.17, 15) is 9.59 Å². The first kappa shape index (κ1) is 26.1. The van der Waals surface area contributed by atoms with Gasteiger partial charge in [-0.15, -0.1) is 0 Å². The van der Waals surface area contributed by atoms with Gasteiger partial charge in [0.15, 0.2) is 0 Å². The first-order chi connectivity index (χ1) is 17.5. The second kappa shape index (κ2) is 12.3. The van der Waals surface area contributed by atoms with Crippen molar-refractivity contribution in [2.45, 2.75) is 44.9 Å². The number of carbonyl (C=O) groups is 2. The molecule has 1 saturated heterocycles. The van der Waals surface area contributed by atoms with E-state index < -0.39 is 0 Å². The number of fused-ring (bicyclic) bond motifs is 1. The van der Waals surface area contributed by atoms with Crippen LogP contribution < -0.4 is 4.74 Å². The molecule has 0 radical (unpaired) electrons. The molecule has 36 heavy (non-hydrogen) atoms. The summed E-state index contributed by atoms with van der Waals surface area (Å²) in [6.45, 7) is 3.82. The number of piperidine rings is 1. The number of aromatic nitrogens is 2. The van der Waals surface area contributed by atoms with Crippen LogP contribution in [0.5, 0.6) is 5.75 Å². The number of likely N-dealkylation sites (tertiary alicyclic amines) is 1. The molecule has 0 atom stereocenters. The van der Waals surface area contributed by atoms with Gasteiger partial charge in [-0.2, -0.15) is 0 Å². The van der Waals surface area contributed by atoms with Gasteiger partial charge in [-0.25, -0.2) is 4.98 Å². The summed E-state index contributed by atoms with van der Waals surface area (Å²) in [7, 11) is 3.99. The normalized spacial score (nSPS) is 18.6. The summed E-state index contributed by atoms with van der Waals surface area (Å²) >= 11 is 0. The fourth-order valence-corrected chi connectivity index (χ4v) is 5.36. The first-order valence-electron chi connectivity index (χ1n) is 13.1. The molecule has 2 aromatic rings. The van der Waals surface area contributed by atoms with Gasteiger partial charge in [0, 0.05) is 45.0 Å². The molecule has 0 saturated carbocycles. The fourth-order valence-electron chi connectivity index (χ4n) is 5.36. The molecule has 1 fully saturated rings. The molecular formula is C28H39N5O3. The number of aryl methyl sites for hydroxylation is 1. The van der Waals surface area contributed by atoms with Gasteiger partial charge in [0.05, 0.1) is 12.7 Å². The quantitative estimate of drug-likeness (QED) is 0.651. The van der Waals surface area contributed by atoms with Crippen LogP contribution in [0.2, 0.25) is 0 Å². The van der Waals surface area contributed by atoms with Crippen LogP contribution in [0, 0.1) is 5.41 Å². The summed E-state index contributed by atoms with van der Waals surface area (Å²) in [5.74, 6) is 1.02. The van der Waals surface area contributed by atoms with E-state index in [1.54, 1.807) is 12.4 Å². The lowest BCUT2D eigenvalue weighted by atomic mass is 9.73. The van der Waals surface area contributed by atoms with Crippen LogP contribution in [0.3, 0.4) is 0 Å². The van der Waals surface area contributed by atoms with E-state index >= 15 is 0 Å². The molecule has 0 aliphatic carbocycles. The number of amides is 2. The number of hydrogen-bond acceptors (Lipinski definition) is 6. The number of para-hydroxylation sites is 1. The van der Waals surface area contributed by atoms with E-state index in [1.807, 2.05) is 40.9 Å². The van der Waals surface area contributed by atoms with Crippen molar-refractivity contribution in [1.29, 1.82) is 0 Å². The first-order valence-corrected chi connectivity index (χ1v) is 13.1. The summed E-state index contributed by atoms with van der Waals surface area (Å²) in [6.07, 6.45) is 11.2. The minimum atomic E-state index is -0.110. The van der Waals surface area contributed by atoms with Crippen LogP contribution in [0.1, 0.15) is 54.6 Å². The number of carbonyl (C=O) groups excluding carboxylic acids is 2. The van der Waals surface area contributed by atoms with E-state index in [2.05, 4.69) is 22.1 Å². The molecule has 4 rings (SSSR count). The van der Waals surface area contributed by atoms with Crippen molar-refractivity contribution in [2.75, 3.05) is 53.4 Å². The lowest BCUT2D eigenvalue weighted by molar-refractivity contribution is -0.134. The van der Waals surface area contributed by atoms with E-state index in [-0.39, 0.29) is 17.2 Å². The largest absolute Gasteiger partial charge is 0.491 e. The maximum absolute atomic E-state index is 13.5. The van der Waals surface area contributed by atoms with Gasteiger partial charge in [-0.1, -0.05) is 24.6 Å². The average Bonchev–Trinajstić information content (AvgIpc) is 2.90. The van der Waals surface area contributed by atoms with Crippen molar-refractivity contribution in [3.05, 3.63) is 54.1 Å². The van der Waals surface area contributed by atoms with Crippen LogP contribution >= 0.6 is 0 Å². The van der Waals surface area contributed by atoms with Crippen molar-refractivity contribution in [3.8, 4) is 5.75 Å². The minimum absolute atomic E-state index is 0.0189. The molecule has 1 spiro atoms. The Kier molecular flexibility index (Phi) is 8.91. The summed E-state index contributed by atoms with van der Waals surface area (Å²) < 4.78 is 6.16. The molecule has 8 heteroatoms. The Morgan fingerprint density at radius 2 is 1.83 bits per heavy atom. The third-order valence-corrected chi connectivity index (χ3v) is 7.54. The number of ether oxygens (including phenoxy) is 1. The minimum Gasteiger partial charge on any atom is -0.491 e. The third-order valence-electron chi connectivity index (χ3n) is 7.54. The summed E-state index contributed by atoms with van der Waals surface area (Å²) in [6, 6.07) is 8.20. The molecule has 8 nitrogen and oxygen atoms in total. The highest BCUT2D eigenvalue weighted by atomic mass is 16.5. The van der Waals surface area contributed by atoms with E-state index in [1.165, 1.54) is 11.8 Å². The number of benzene rings is 1. The molecule has 0 unspecified atom stereocenters. The Balaban J connectivity index is 1.52. The maximum Gasteiger partial charge on any atom is 0.274 e. The lowest BCUT2D eigenvalue weighted by Gasteiger charge is -2.45. The van der Waals surface area contributed by atoms with E-state index in [4.69, 9.17) is 4.74 Å². The summed E-state index contributed by atoms with van der Waals surface area (Å²) in [4.78, 5) is 40.6. The number of nitrogens with zero attached hydrogens (tertiary/aromatic N) is 5. The molecular weight excluding hydrogens is 454 g/mol. The lowest BCUT2D eigenvalue weighted by Crippen LogP contribution is -2.50. The van der Waals surface area contributed by atoms with Crippen LogP contribution in [-0.2, 0) is 11.2 Å². The molecule has 2 aliphatic heterocycles. The number of hydrogen-bond donors (Lipinski definition) is 0. The van der Waals surface area contributed by atoms with Crippen LogP contribution in [0.15, 0.2) is 42.9 Å². The average molecular weight is 494 g/mol. The zero-order valence-corrected chi connectivity index (χ0v) is 21.7. The molecule has 194 valence electrons. The van der Waals surface area contributed by atoms with Gasteiger partial charge in [0.1, 0.15) is 18.1 Å². The fraction of sp³-hybridized carbons (Fsp3) is 0.571. The molecule has 1 aromatic heterocycles. The molecule has 1 aromatic carbocycles. The third kappa shape index (κ3) is 6.81. The standard InChI is InChI=1S/C28H39N5O3/c1-31(2)16-10-26(34)32-17-12-28(13-18-32)11-6-5-8-23-7-3-4-9-25(23)36-20-19-33(22-28)27(35)24-21-29-14-15-30-24/h3-4,7,9,14-15,21H,5-6,8,10-13,16-20,22H2,1-2H3.